The highest BCUT2D eigenvalue weighted by atomic mass is 19.1. The Morgan fingerprint density at radius 3 is 2.32 bits per heavy atom. The molecule has 154 valence electrons. The van der Waals surface area contributed by atoms with E-state index in [2.05, 4.69) is 20.6 Å². The Kier molecular flexibility index (Phi) is 5.66. The van der Waals surface area contributed by atoms with E-state index in [1.807, 2.05) is 37.3 Å². The molecule has 0 saturated heterocycles. The average Bonchev–Trinajstić information content (AvgIpc) is 2.74. The molecule has 0 aliphatic heterocycles. The van der Waals surface area contributed by atoms with Crippen LogP contribution in [0.1, 0.15) is 15.9 Å². The number of rotatable bonds is 5. The molecule has 0 radical (unpaired) electrons. The van der Waals surface area contributed by atoms with Crippen molar-refractivity contribution in [3.8, 4) is 11.3 Å². The lowest BCUT2D eigenvalue weighted by atomic mass is 10.1. The largest absolute Gasteiger partial charge is 0.340 e. The molecule has 31 heavy (non-hydrogen) atoms. The summed E-state index contributed by atoms with van der Waals surface area (Å²) in [5.74, 6) is -1.45. The normalized spacial score (nSPS) is 10.5. The summed E-state index contributed by atoms with van der Waals surface area (Å²) in [5, 5.41) is 5.65. The molecule has 0 spiro atoms. The van der Waals surface area contributed by atoms with Gasteiger partial charge in [0.2, 0.25) is 0 Å². The molecule has 0 bridgehead atoms. The monoisotopic (exact) mass is 416 g/mol. The molecule has 1 amide bonds. The summed E-state index contributed by atoms with van der Waals surface area (Å²) in [6.07, 6.45) is 1.46. The van der Waals surface area contributed by atoms with E-state index in [1.54, 1.807) is 24.3 Å². The van der Waals surface area contributed by atoms with Gasteiger partial charge in [-0.1, -0.05) is 35.9 Å². The number of hydrogen-bond donors (Lipinski definition) is 2. The zero-order chi connectivity index (χ0) is 21.8. The maximum absolute atomic E-state index is 13.3. The van der Waals surface area contributed by atoms with Gasteiger partial charge in [-0.05, 0) is 37.3 Å². The van der Waals surface area contributed by atoms with Gasteiger partial charge in [-0.25, -0.2) is 18.7 Å². The van der Waals surface area contributed by atoms with Gasteiger partial charge < -0.3 is 10.6 Å². The number of hydrogen-bond acceptors (Lipinski definition) is 4. The molecule has 4 rings (SSSR count). The summed E-state index contributed by atoms with van der Waals surface area (Å²) in [5.41, 5.74) is 3.88. The maximum Gasteiger partial charge on any atom is 0.255 e. The molecule has 2 N–H and O–H groups in total. The van der Waals surface area contributed by atoms with Crippen LogP contribution in [0, 0.1) is 18.6 Å². The second kappa shape index (κ2) is 8.71. The van der Waals surface area contributed by atoms with Gasteiger partial charge in [-0.3, -0.25) is 4.79 Å². The molecule has 0 fully saturated rings. The lowest BCUT2D eigenvalue weighted by molar-refractivity contribution is 0.102. The Balaban J connectivity index is 1.51. The number of aromatic nitrogens is 2. The molecule has 0 aliphatic carbocycles. The highest BCUT2D eigenvalue weighted by Gasteiger charge is 2.10. The van der Waals surface area contributed by atoms with E-state index in [9.17, 15) is 13.6 Å². The molecular weight excluding hydrogens is 398 g/mol. The van der Waals surface area contributed by atoms with Crippen molar-refractivity contribution < 1.29 is 13.6 Å². The Hall–Kier alpha value is -4.13. The highest BCUT2D eigenvalue weighted by molar-refractivity contribution is 6.04. The van der Waals surface area contributed by atoms with Gasteiger partial charge in [0.05, 0.1) is 5.69 Å². The molecule has 4 aromatic rings. The van der Waals surface area contributed by atoms with Crippen molar-refractivity contribution in [2.75, 3.05) is 10.6 Å². The zero-order valence-corrected chi connectivity index (χ0v) is 16.6. The molecule has 0 unspecified atom stereocenters. The molecule has 0 atom stereocenters. The Bertz CT molecular complexity index is 1220. The summed E-state index contributed by atoms with van der Waals surface area (Å²) >= 11 is 0. The van der Waals surface area contributed by atoms with Crippen LogP contribution in [-0.2, 0) is 0 Å². The summed E-state index contributed by atoms with van der Waals surface area (Å²) in [6, 6.07) is 19.4. The van der Waals surface area contributed by atoms with E-state index < -0.39 is 17.5 Å². The number of anilines is 3. The van der Waals surface area contributed by atoms with Gasteiger partial charge in [0.25, 0.3) is 5.91 Å². The van der Waals surface area contributed by atoms with Crippen LogP contribution < -0.4 is 10.6 Å². The van der Waals surface area contributed by atoms with Gasteiger partial charge >= 0.3 is 0 Å². The Morgan fingerprint density at radius 1 is 0.839 bits per heavy atom. The van der Waals surface area contributed by atoms with E-state index in [-0.39, 0.29) is 5.69 Å². The first-order valence-electron chi connectivity index (χ1n) is 9.50. The Labute approximate surface area is 177 Å². The fraction of sp³-hybridized carbons (Fsp3) is 0.0417. The minimum atomic E-state index is -0.765. The third-order valence-corrected chi connectivity index (χ3v) is 4.53. The van der Waals surface area contributed by atoms with Crippen molar-refractivity contribution in [1.82, 2.24) is 9.97 Å². The van der Waals surface area contributed by atoms with Gasteiger partial charge in [-0.2, -0.15) is 0 Å². The molecule has 1 aromatic heterocycles. The van der Waals surface area contributed by atoms with Crippen LogP contribution in [0.5, 0.6) is 0 Å². The second-order valence-corrected chi connectivity index (χ2v) is 6.97. The molecule has 1 heterocycles. The lowest BCUT2D eigenvalue weighted by Crippen LogP contribution is -2.12. The van der Waals surface area contributed by atoms with Crippen LogP contribution in [0.2, 0.25) is 0 Å². The van der Waals surface area contributed by atoms with Crippen molar-refractivity contribution in [3.05, 3.63) is 102 Å². The van der Waals surface area contributed by atoms with Crippen LogP contribution in [0.4, 0.5) is 26.0 Å². The fourth-order valence-corrected chi connectivity index (χ4v) is 3.02. The number of benzene rings is 3. The first-order chi connectivity index (χ1) is 15.0. The van der Waals surface area contributed by atoms with E-state index in [4.69, 9.17) is 0 Å². The van der Waals surface area contributed by atoms with E-state index >= 15 is 0 Å². The van der Waals surface area contributed by atoms with Crippen LogP contribution >= 0.6 is 0 Å². The van der Waals surface area contributed by atoms with Crippen molar-refractivity contribution in [2.45, 2.75) is 6.92 Å². The molecule has 3 aromatic carbocycles. The number of nitrogens with one attached hydrogen (secondary N) is 2. The number of aryl methyl sites for hydroxylation is 1. The van der Waals surface area contributed by atoms with E-state index in [0.29, 0.717) is 17.1 Å². The van der Waals surface area contributed by atoms with Gasteiger partial charge in [0.1, 0.15) is 23.8 Å². The van der Waals surface area contributed by atoms with Gasteiger partial charge in [0, 0.05) is 34.6 Å². The predicted octanol–water partition coefficient (Wildman–Crippen LogP) is 5.73. The molecular formula is C24H18F2N4O. The van der Waals surface area contributed by atoms with Crippen molar-refractivity contribution in [2.24, 2.45) is 0 Å². The van der Waals surface area contributed by atoms with E-state index in [1.165, 1.54) is 6.33 Å². The minimum Gasteiger partial charge on any atom is -0.340 e. The first-order valence-corrected chi connectivity index (χ1v) is 9.50. The third-order valence-electron chi connectivity index (χ3n) is 4.53. The lowest BCUT2D eigenvalue weighted by Gasteiger charge is -2.10. The summed E-state index contributed by atoms with van der Waals surface area (Å²) in [7, 11) is 0. The summed E-state index contributed by atoms with van der Waals surface area (Å²) in [4.78, 5) is 21.0. The standard InChI is InChI=1S/C24H18F2N4O/c1-15-5-7-16(8-6-15)22-13-23(28-14-27-22)29-20-4-2-3-17(9-20)24(31)30-21-11-18(25)10-19(26)12-21/h2-14H,1H3,(H,30,31)(H,27,28,29). The number of carbonyl (C=O) groups excluding carboxylic acids is 1. The van der Waals surface area contributed by atoms with Crippen molar-refractivity contribution in [3.63, 3.8) is 0 Å². The number of nitrogens with zero attached hydrogens (tertiary/aromatic N) is 2. The van der Waals surface area contributed by atoms with Crippen LogP contribution in [-0.4, -0.2) is 15.9 Å². The maximum atomic E-state index is 13.3. The molecule has 0 saturated carbocycles. The average molecular weight is 416 g/mol. The number of carbonyl (C=O) groups is 1. The van der Waals surface area contributed by atoms with Crippen LogP contribution in [0.3, 0.4) is 0 Å². The fourth-order valence-electron chi connectivity index (χ4n) is 3.02. The second-order valence-electron chi connectivity index (χ2n) is 6.97. The smallest absolute Gasteiger partial charge is 0.255 e. The molecule has 0 aliphatic rings. The number of amides is 1. The SMILES string of the molecule is Cc1ccc(-c2cc(Nc3cccc(C(=O)Nc4cc(F)cc(F)c4)c3)ncn2)cc1. The predicted molar refractivity (Wildman–Crippen MR) is 116 cm³/mol. The van der Waals surface area contributed by atoms with Crippen molar-refractivity contribution >= 4 is 23.1 Å². The van der Waals surface area contributed by atoms with Crippen molar-refractivity contribution in [1.29, 1.82) is 0 Å². The highest BCUT2D eigenvalue weighted by Crippen LogP contribution is 2.22. The molecule has 7 heteroatoms. The topological polar surface area (TPSA) is 66.9 Å². The first kappa shape index (κ1) is 20.2. The third kappa shape index (κ3) is 5.08. The summed E-state index contributed by atoms with van der Waals surface area (Å²) in [6.45, 7) is 2.02. The van der Waals surface area contributed by atoms with E-state index in [0.717, 1.165) is 35.0 Å². The molecule has 5 nitrogen and oxygen atoms in total. The Morgan fingerprint density at radius 2 is 1.58 bits per heavy atom. The van der Waals surface area contributed by atoms with Crippen LogP contribution in [0.25, 0.3) is 11.3 Å². The quantitative estimate of drug-likeness (QED) is 0.436. The minimum absolute atomic E-state index is 0.0411. The van der Waals surface area contributed by atoms with Gasteiger partial charge in [-0.15, -0.1) is 0 Å². The van der Waals surface area contributed by atoms with Crippen LogP contribution in [0.15, 0.2) is 79.1 Å². The summed E-state index contributed by atoms with van der Waals surface area (Å²) < 4.78 is 26.7. The zero-order valence-electron chi connectivity index (χ0n) is 16.6. The van der Waals surface area contributed by atoms with Gasteiger partial charge in [0.15, 0.2) is 0 Å². The number of halogens is 2.